The first-order valence-corrected chi connectivity index (χ1v) is 6.50. The Kier molecular flexibility index (Phi) is 4.81. The SMILES string of the molecule is S=C(NC[C@H]1CCCO1)NC[C@H]1CCCO1. The largest absolute Gasteiger partial charge is 0.376 e. The summed E-state index contributed by atoms with van der Waals surface area (Å²) in [5, 5.41) is 7.09. The highest BCUT2D eigenvalue weighted by Gasteiger charge is 2.17. The summed E-state index contributed by atoms with van der Waals surface area (Å²) < 4.78 is 11.0. The zero-order valence-electron chi connectivity index (χ0n) is 9.54. The van der Waals surface area contributed by atoms with Crippen LogP contribution in [0.4, 0.5) is 0 Å². The van der Waals surface area contributed by atoms with E-state index in [1.807, 2.05) is 0 Å². The van der Waals surface area contributed by atoms with Crippen molar-refractivity contribution in [3.63, 3.8) is 0 Å². The van der Waals surface area contributed by atoms with Crippen molar-refractivity contribution in [2.45, 2.75) is 37.9 Å². The van der Waals surface area contributed by atoms with E-state index in [2.05, 4.69) is 10.6 Å². The lowest BCUT2D eigenvalue weighted by molar-refractivity contribution is 0.111. The third-order valence-corrected chi connectivity index (χ3v) is 3.32. The quantitative estimate of drug-likeness (QED) is 0.716. The second-order valence-electron chi connectivity index (χ2n) is 4.36. The van der Waals surface area contributed by atoms with Crippen molar-refractivity contribution in [1.29, 1.82) is 0 Å². The number of ether oxygens (including phenoxy) is 2. The van der Waals surface area contributed by atoms with Gasteiger partial charge in [-0.05, 0) is 37.9 Å². The summed E-state index contributed by atoms with van der Waals surface area (Å²) in [6.45, 7) is 3.42. The van der Waals surface area contributed by atoms with Crippen LogP contribution in [0.3, 0.4) is 0 Å². The summed E-state index contributed by atoms with van der Waals surface area (Å²) in [6.07, 6.45) is 5.29. The molecule has 2 fully saturated rings. The maximum Gasteiger partial charge on any atom is 0.166 e. The van der Waals surface area contributed by atoms with Crippen molar-refractivity contribution < 1.29 is 9.47 Å². The average molecular weight is 244 g/mol. The third kappa shape index (κ3) is 3.88. The minimum atomic E-state index is 0.336. The van der Waals surface area contributed by atoms with Crippen LogP contribution in [0.5, 0.6) is 0 Å². The van der Waals surface area contributed by atoms with E-state index in [-0.39, 0.29) is 0 Å². The standard InChI is InChI=1S/C11H20N2O2S/c16-11(12-7-9-3-1-5-14-9)13-8-10-4-2-6-15-10/h9-10H,1-8H2,(H2,12,13,16)/t9-,10-/m1/s1. The topological polar surface area (TPSA) is 42.5 Å². The molecule has 2 rings (SSSR count). The second-order valence-corrected chi connectivity index (χ2v) is 4.77. The first kappa shape index (κ1) is 12.1. The molecule has 0 bridgehead atoms. The van der Waals surface area contributed by atoms with Crippen LogP contribution in [-0.4, -0.2) is 43.6 Å². The Morgan fingerprint density at radius 3 is 1.88 bits per heavy atom. The van der Waals surface area contributed by atoms with Gasteiger partial charge in [0.2, 0.25) is 0 Å². The van der Waals surface area contributed by atoms with Gasteiger partial charge in [-0.2, -0.15) is 0 Å². The Morgan fingerprint density at radius 1 is 1.00 bits per heavy atom. The summed E-state index contributed by atoms with van der Waals surface area (Å²) in [7, 11) is 0. The molecule has 0 aromatic heterocycles. The van der Waals surface area contributed by atoms with E-state index in [0.717, 1.165) is 39.1 Å². The molecule has 2 aliphatic heterocycles. The minimum absolute atomic E-state index is 0.336. The predicted molar refractivity (Wildman–Crippen MR) is 66.6 cm³/mol. The molecule has 16 heavy (non-hydrogen) atoms. The molecule has 4 nitrogen and oxygen atoms in total. The lowest BCUT2D eigenvalue weighted by Crippen LogP contribution is -2.42. The van der Waals surface area contributed by atoms with E-state index < -0.39 is 0 Å². The van der Waals surface area contributed by atoms with E-state index in [4.69, 9.17) is 21.7 Å². The maximum atomic E-state index is 5.51. The summed E-state index contributed by atoms with van der Waals surface area (Å²) in [6, 6.07) is 0. The molecule has 0 saturated carbocycles. The number of rotatable bonds is 4. The molecule has 0 spiro atoms. The van der Waals surface area contributed by atoms with Gasteiger partial charge in [0.25, 0.3) is 0 Å². The number of nitrogens with one attached hydrogen (secondary N) is 2. The highest BCUT2D eigenvalue weighted by molar-refractivity contribution is 7.80. The second kappa shape index (κ2) is 6.37. The molecular weight excluding hydrogens is 224 g/mol. The highest BCUT2D eigenvalue weighted by Crippen LogP contribution is 2.11. The molecule has 0 radical (unpaired) electrons. The van der Waals surface area contributed by atoms with Gasteiger partial charge in [0.05, 0.1) is 12.2 Å². The average Bonchev–Trinajstić information content (AvgIpc) is 2.96. The molecule has 2 atom stereocenters. The van der Waals surface area contributed by atoms with Crippen molar-refractivity contribution >= 4 is 17.3 Å². The molecule has 0 unspecified atom stereocenters. The Hall–Kier alpha value is -0.390. The van der Waals surface area contributed by atoms with Crippen LogP contribution in [0, 0.1) is 0 Å². The van der Waals surface area contributed by atoms with Crippen LogP contribution >= 0.6 is 12.2 Å². The first-order chi connectivity index (χ1) is 7.84. The zero-order valence-corrected chi connectivity index (χ0v) is 10.4. The van der Waals surface area contributed by atoms with Gasteiger partial charge in [0, 0.05) is 26.3 Å². The van der Waals surface area contributed by atoms with Crippen LogP contribution in [0.25, 0.3) is 0 Å². The summed E-state index contributed by atoms with van der Waals surface area (Å²) in [5.41, 5.74) is 0. The molecule has 5 heteroatoms. The van der Waals surface area contributed by atoms with Gasteiger partial charge in [0.1, 0.15) is 0 Å². The zero-order chi connectivity index (χ0) is 11.2. The van der Waals surface area contributed by atoms with Gasteiger partial charge in [0.15, 0.2) is 5.11 Å². The lowest BCUT2D eigenvalue weighted by atomic mass is 10.2. The summed E-state index contributed by atoms with van der Waals surface area (Å²) in [5.74, 6) is 0. The molecule has 92 valence electrons. The molecule has 0 aromatic rings. The molecule has 2 N–H and O–H groups in total. The van der Waals surface area contributed by atoms with Crippen molar-refractivity contribution in [1.82, 2.24) is 10.6 Å². The van der Waals surface area contributed by atoms with E-state index in [1.165, 1.54) is 12.8 Å². The molecule has 0 aromatic carbocycles. The fourth-order valence-electron chi connectivity index (χ4n) is 2.09. The van der Waals surface area contributed by atoms with Crippen LogP contribution in [0.2, 0.25) is 0 Å². The monoisotopic (exact) mass is 244 g/mol. The number of hydrogen-bond acceptors (Lipinski definition) is 3. The Balaban J connectivity index is 1.53. The van der Waals surface area contributed by atoms with Gasteiger partial charge >= 0.3 is 0 Å². The van der Waals surface area contributed by atoms with Crippen LogP contribution in [0.15, 0.2) is 0 Å². The minimum Gasteiger partial charge on any atom is -0.376 e. The van der Waals surface area contributed by atoms with E-state index >= 15 is 0 Å². The van der Waals surface area contributed by atoms with E-state index in [9.17, 15) is 0 Å². The molecule has 2 aliphatic rings. The van der Waals surface area contributed by atoms with Crippen LogP contribution in [0.1, 0.15) is 25.7 Å². The van der Waals surface area contributed by atoms with Crippen LogP contribution < -0.4 is 10.6 Å². The molecule has 2 saturated heterocycles. The summed E-state index contributed by atoms with van der Waals surface area (Å²) in [4.78, 5) is 0. The number of thiocarbonyl (C=S) groups is 1. The molecule has 0 aliphatic carbocycles. The van der Waals surface area contributed by atoms with Crippen molar-refractivity contribution in [3.05, 3.63) is 0 Å². The van der Waals surface area contributed by atoms with Gasteiger partial charge in [-0.25, -0.2) is 0 Å². The Bertz CT molecular complexity index is 204. The van der Waals surface area contributed by atoms with E-state index in [1.54, 1.807) is 0 Å². The van der Waals surface area contributed by atoms with Crippen molar-refractivity contribution in [3.8, 4) is 0 Å². The predicted octanol–water partition coefficient (Wildman–Crippen LogP) is 0.808. The molecule has 2 heterocycles. The normalized spacial score (nSPS) is 29.2. The number of hydrogen-bond donors (Lipinski definition) is 2. The van der Waals surface area contributed by atoms with Gasteiger partial charge in [-0.15, -0.1) is 0 Å². The fourth-order valence-corrected chi connectivity index (χ4v) is 2.25. The maximum absolute atomic E-state index is 5.51. The van der Waals surface area contributed by atoms with E-state index in [0.29, 0.717) is 17.3 Å². The third-order valence-electron chi connectivity index (χ3n) is 3.03. The summed E-state index contributed by atoms with van der Waals surface area (Å²) >= 11 is 5.19. The Morgan fingerprint density at radius 2 is 1.50 bits per heavy atom. The molecule has 0 amide bonds. The van der Waals surface area contributed by atoms with Gasteiger partial charge in [-0.3, -0.25) is 0 Å². The van der Waals surface area contributed by atoms with Crippen molar-refractivity contribution in [2.75, 3.05) is 26.3 Å². The Labute approximate surface area is 102 Å². The van der Waals surface area contributed by atoms with Gasteiger partial charge < -0.3 is 20.1 Å². The highest BCUT2D eigenvalue weighted by atomic mass is 32.1. The van der Waals surface area contributed by atoms with Crippen LogP contribution in [-0.2, 0) is 9.47 Å². The van der Waals surface area contributed by atoms with Gasteiger partial charge in [-0.1, -0.05) is 0 Å². The molecular formula is C11H20N2O2S. The lowest BCUT2D eigenvalue weighted by Gasteiger charge is -2.16. The van der Waals surface area contributed by atoms with Crippen molar-refractivity contribution in [2.24, 2.45) is 0 Å². The first-order valence-electron chi connectivity index (χ1n) is 6.09. The fraction of sp³-hybridized carbons (Fsp3) is 0.909. The smallest absolute Gasteiger partial charge is 0.166 e.